The molecule has 0 heterocycles. The molecule has 6 N–H and O–H groups in total. The van der Waals surface area contributed by atoms with Crippen LogP contribution in [0.3, 0.4) is 0 Å². The number of aromatic hydroxyl groups is 6. The summed E-state index contributed by atoms with van der Waals surface area (Å²) < 4.78 is 11.0. The van der Waals surface area contributed by atoms with Crippen molar-refractivity contribution in [3.63, 3.8) is 0 Å². The molecule has 0 amide bonds. The quantitative estimate of drug-likeness (QED) is 0.0432. The molecular weight excluding hydrogens is 1620 g/mol. The van der Waals surface area contributed by atoms with Gasteiger partial charge in [-0.25, -0.2) is 0 Å². The Labute approximate surface area is 770 Å². The number of phenolic OH excluding ortho intramolecular Hbond substituents is 6. The Kier molecular flexibility index (Phi) is 37.4. The fourth-order valence-corrected chi connectivity index (χ4v) is 25.7. The second-order valence-electron chi connectivity index (χ2n) is 46.1. The van der Waals surface area contributed by atoms with Crippen molar-refractivity contribution < 1.29 is 40.1 Å². The van der Waals surface area contributed by atoms with Gasteiger partial charge in [0, 0.05) is 99.4 Å². The number of hydrogen-bond acceptors (Lipinski definition) is 14. The Morgan fingerprint density at radius 3 is 0.500 bits per heavy atom. The maximum Gasteiger partial charge on any atom is 0.161 e. The number of phenols is 6. The van der Waals surface area contributed by atoms with Crippen molar-refractivity contribution in [3.05, 3.63) is 162 Å². The van der Waals surface area contributed by atoms with Crippen LogP contribution in [-0.4, -0.2) is 76.4 Å². The molecule has 6 aromatic rings. The van der Waals surface area contributed by atoms with Gasteiger partial charge >= 0.3 is 0 Å². The highest BCUT2D eigenvalue weighted by Crippen LogP contribution is 2.51. The van der Waals surface area contributed by atoms with E-state index in [2.05, 4.69) is 268 Å². The fraction of sp³-hybridized carbons (Fsp3) is 0.667. The Hall–Kier alpha value is -4.18. The highest BCUT2D eigenvalue weighted by molar-refractivity contribution is 8.04. The van der Waals surface area contributed by atoms with E-state index >= 15 is 0 Å². The van der Waals surface area contributed by atoms with Gasteiger partial charge in [0.25, 0.3) is 0 Å². The van der Waals surface area contributed by atoms with Crippen LogP contribution in [0.1, 0.15) is 412 Å². The molecule has 8 nitrogen and oxygen atoms in total. The first-order valence-electron chi connectivity index (χ1n) is 46.2. The van der Waals surface area contributed by atoms with Gasteiger partial charge in [-0.3, -0.25) is 0 Å². The van der Waals surface area contributed by atoms with E-state index in [9.17, 15) is 30.6 Å². The smallest absolute Gasteiger partial charge is 0.161 e. The summed E-state index contributed by atoms with van der Waals surface area (Å²) in [7, 11) is 3.25. The highest BCUT2D eigenvalue weighted by Gasteiger charge is 2.36. The zero-order valence-corrected chi connectivity index (χ0v) is 87.2. The molecule has 3 aliphatic rings. The van der Waals surface area contributed by atoms with Crippen molar-refractivity contribution >= 4 is 70.6 Å². The molecule has 14 heteroatoms. The van der Waals surface area contributed by atoms with Crippen molar-refractivity contribution in [3.8, 4) is 46.0 Å². The standard InChI is InChI=1S/2C38H60O2S2.C32H48O4S2/c2*1-35(2,3)27-19-25(33(39)29(21-27)37(7,8)9)23-41-31-17-15-13-14-16-18-32(31)42-24-26-20-28(36(4,5)6)22-30(34(26)40)38(10,11)12;1-31(2,3)23-15-21(29(33)25(17-23)35-7)19-37-27-13-11-9-10-12-14-28(27)38-20-22-16-24(32(4,5)6)18-26(36-8)30(22)34/h2*19-22,31-32,39-40H,13-18,23-24H2,1-12H3;15-18,27-28,33-34H,9-14,19-20H2,1-8H3. The van der Waals surface area contributed by atoms with E-state index in [0.29, 0.717) is 66.0 Å². The van der Waals surface area contributed by atoms with Crippen LogP contribution >= 0.6 is 70.6 Å². The fourth-order valence-electron chi connectivity index (χ4n) is 16.5. The van der Waals surface area contributed by atoms with Crippen LogP contribution in [0.5, 0.6) is 46.0 Å². The van der Waals surface area contributed by atoms with Gasteiger partial charge in [0.1, 0.15) is 23.0 Å². The van der Waals surface area contributed by atoms with E-state index in [4.69, 9.17) is 9.47 Å². The molecule has 0 aliphatic heterocycles. The molecule has 0 aromatic heterocycles. The van der Waals surface area contributed by atoms with E-state index in [1.807, 2.05) is 82.7 Å². The predicted molar refractivity (Wildman–Crippen MR) is 542 cm³/mol. The molecular formula is C108H168O8S6. The van der Waals surface area contributed by atoms with Crippen LogP contribution in [0, 0.1) is 0 Å². The molecule has 9 rings (SSSR count). The summed E-state index contributed by atoms with van der Waals surface area (Å²) in [6, 6.07) is 26.2. The summed E-state index contributed by atoms with van der Waals surface area (Å²) in [4.78, 5) is 0. The Morgan fingerprint density at radius 2 is 0.361 bits per heavy atom. The van der Waals surface area contributed by atoms with Gasteiger partial charge in [0.05, 0.1) is 14.2 Å². The van der Waals surface area contributed by atoms with Gasteiger partial charge < -0.3 is 40.1 Å². The summed E-state index contributed by atoms with van der Waals surface area (Å²) in [5.74, 6) is 8.41. The molecule has 0 saturated heterocycles. The van der Waals surface area contributed by atoms with Gasteiger partial charge in [-0.1, -0.05) is 345 Å². The molecule has 0 radical (unpaired) electrons. The van der Waals surface area contributed by atoms with E-state index in [0.717, 1.165) is 90.2 Å². The van der Waals surface area contributed by atoms with Crippen LogP contribution in [0.4, 0.5) is 0 Å². The van der Waals surface area contributed by atoms with Crippen molar-refractivity contribution in [2.45, 2.75) is 443 Å². The number of hydrogen-bond donors (Lipinski definition) is 6. The lowest BCUT2D eigenvalue weighted by Gasteiger charge is -2.31. The zero-order valence-electron chi connectivity index (χ0n) is 82.3. The third-order valence-corrected chi connectivity index (χ3v) is 34.4. The molecule has 3 aliphatic carbocycles. The Balaban J connectivity index is 0.000000252. The average Bonchev–Trinajstić information content (AvgIpc) is 0.790. The van der Waals surface area contributed by atoms with E-state index < -0.39 is 0 Å². The average molecular weight is 1790 g/mol. The molecule has 3 saturated carbocycles. The normalized spacial score (nSPS) is 19.3. The maximum atomic E-state index is 11.4. The number of rotatable bonds is 20. The molecule has 0 spiro atoms. The first-order valence-corrected chi connectivity index (χ1v) is 52.5. The summed E-state index contributed by atoms with van der Waals surface area (Å²) in [6.45, 7) is 66.7. The second kappa shape index (κ2) is 43.5. The van der Waals surface area contributed by atoms with Crippen LogP contribution in [-0.2, 0) is 88.7 Å². The van der Waals surface area contributed by atoms with Gasteiger partial charge in [-0.05, 0) is 160 Å². The van der Waals surface area contributed by atoms with Crippen molar-refractivity contribution in [1.82, 2.24) is 0 Å². The molecule has 6 atom stereocenters. The van der Waals surface area contributed by atoms with E-state index in [-0.39, 0.29) is 65.6 Å². The van der Waals surface area contributed by atoms with Crippen LogP contribution in [0.25, 0.3) is 0 Å². The summed E-state index contributed by atoms with van der Waals surface area (Å²) >= 11 is 12.1. The van der Waals surface area contributed by atoms with Gasteiger partial charge in [-0.2, -0.15) is 70.6 Å². The van der Waals surface area contributed by atoms with Crippen molar-refractivity contribution in [1.29, 1.82) is 0 Å². The molecule has 3 fully saturated rings. The lowest BCUT2D eigenvalue weighted by atomic mass is 9.79. The largest absolute Gasteiger partial charge is 0.507 e. The number of ether oxygens (including phenoxy) is 2. The lowest BCUT2D eigenvalue weighted by Crippen LogP contribution is -2.23. The predicted octanol–water partition coefficient (Wildman–Crippen LogP) is 32.1. The summed E-state index contributed by atoms with van der Waals surface area (Å²) in [5, 5.41) is 70.6. The monoisotopic (exact) mass is 1790 g/mol. The molecule has 6 aromatic carbocycles. The van der Waals surface area contributed by atoms with E-state index in [1.54, 1.807) is 14.2 Å². The SMILES string of the molecule is CC(C)(C)c1cc(CSC2CCCCCCC2SCc2cc(C(C)(C)C)cc(C(C)(C)C)c2O)c(O)c(C(C)(C)C)c1.CC(C)(C)c1cc(CSC2CCCCCCC2SCc2cc(C(C)(C)C)cc(C(C)(C)C)c2O)c(O)c(C(C)(C)C)c1.COc1cc(C(C)(C)C)cc(CSC2CCCCCCC2SCc2cc(C(C)(C)C)cc(OC)c2O)c1O. The first-order chi connectivity index (χ1) is 56.2. The third-order valence-electron chi connectivity index (χ3n) is 25.1. The zero-order chi connectivity index (χ0) is 91.4. The van der Waals surface area contributed by atoms with Crippen molar-refractivity contribution in [2.75, 3.05) is 14.2 Å². The minimum Gasteiger partial charge on any atom is -0.507 e. The summed E-state index contributed by atoms with van der Waals surface area (Å²) in [5.41, 5.74) is 17.6. The molecule has 684 valence electrons. The van der Waals surface area contributed by atoms with E-state index in [1.165, 1.54) is 149 Å². The third kappa shape index (κ3) is 30.2. The first kappa shape index (κ1) is 105. The molecule has 0 bridgehead atoms. The van der Waals surface area contributed by atoms with Gasteiger partial charge in [0.15, 0.2) is 23.0 Å². The molecule has 6 unspecified atom stereocenters. The second-order valence-corrected chi connectivity index (χ2v) is 53.4. The molecule has 122 heavy (non-hydrogen) atoms. The minimum atomic E-state index is -0.112. The van der Waals surface area contributed by atoms with Crippen LogP contribution in [0.2, 0.25) is 0 Å². The number of thioether (sulfide) groups is 6. The van der Waals surface area contributed by atoms with Gasteiger partial charge in [-0.15, -0.1) is 0 Å². The topological polar surface area (TPSA) is 140 Å². The summed E-state index contributed by atoms with van der Waals surface area (Å²) in [6.07, 6.45) is 22.6. The Bertz CT molecular complexity index is 3880. The van der Waals surface area contributed by atoms with Gasteiger partial charge in [0.2, 0.25) is 0 Å². The van der Waals surface area contributed by atoms with Crippen molar-refractivity contribution in [2.24, 2.45) is 0 Å². The Morgan fingerprint density at radius 1 is 0.213 bits per heavy atom. The van der Waals surface area contributed by atoms with Crippen LogP contribution < -0.4 is 9.47 Å². The minimum absolute atomic E-state index is 0.0241. The lowest BCUT2D eigenvalue weighted by molar-refractivity contribution is 0.369. The maximum absolute atomic E-state index is 11.4. The van der Waals surface area contributed by atoms with Crippen LogP contribution in [0.15, 0.2) is 72.8 Å². The highest BCUT2D eigenvalue weighted by atomic mass is 32.2. The number of benzene rings is 6. The number of methoxy groups -OCH3 is 2.